The summed E-state index contributed by atoms with van der Waals surface area (Å²) in [6, 6.07) is 2.86. The molecule has 1 aromatic rings. The number of hydrogen-bond acceptors (Lipinski definition) is 3. The molecule has 0 heterocycles. The zero-order valence-corrected chi connectivity index (χ0v) is 14.3. The van der Waals surface area contributed by atoms with Crippen LogP contribution in [0.4, 0.5) is 30.7 Å². The summed E-state index contributed by atoms with van der Waals surface area (Å²) in [5.74, 6) is -2.32. The Morgan fingerprint density at radius 3 is 1.88 bits per heavy atom. The minimum Gasteiger partial charge on any atom is -0.465 e. The summed E-state index contributed by atoms with van der Waals surface area (Å²) in [6.45, 7) is 0.678. The van der Waals surface area contributed by atoms with Gasteiger partial charge in [0.15, 0.2) is 0 Å². The topological polar surface area (TPSA) is 35.5 Å². The molecule has 26 heavy (non-hydrogen) atoms. The zero-order chi connectivity index (χ0) is 20.6. The summed E-state index contributed by atoms with van der Waals surface area (Å²) < 4.78 is 103. The van der Waals surface area contributed by atoms with Crippen LogP contribution in [0.2, 0.25) is 0 Å². The number of hydrogen-bond donors (Lipinski definition) is 0. The third-order valence-electron chi connectivity index (χ3n) is 3.81. The fraction of sp³-hybridized carbons (Fsp3) is 0.562. The molecule has 0 saturated carbocycles. The van der Waals surface area contributed by atoms with Crippen LogP contribution in [0.1, 0.15) is 36.7 Å². The molecular weight excluding hydrogens is 373 g/mol. The van der Waals surface area contributed by atoms with Crippen molar-refractivity contribution in [1.82, 2.24) is 0 Å². The molecule has 0 radical (unpaired) electrons. The molecule has 10 heteroatoms. The van der Waals surface area contributed by atoms with E-state index in [9.17, 15) is 35.5 Å². The third kappa shape index (κ3) is 3.79. The molecule has 0 unspecified atom stereocenters. The molecule has 0 aliphatic carbocycles. The van der Waals surface area contributed by atoms with E-state index in [1.165, 1.54) is 0 Å². The highest BCUT2D eigenvalue weighted by molar-refractivity contribution is 5.91. The molecule has 0 N–H and O–H groups in total. The monoisotopic (exact) mass is 390 g/mol. The Morgan fingerprint density at radius 1 is 1.00 bits per heavy atom. The highest BCUT2D eigenvalue weighted by Crippen LogP contribution is 2.55. The predicted molar refractivity (Wildman–Crippen MR) is 76.8 cm³/mol. The molecule has 0 aliphatic rings. The summed E-state index contributed by atoms with van der Waals surface area (Å²) in [5, 5.41) is 0. The molecule has 0 amide bonds. The fourth-order valence-electron chi connectivity index (χ4n) is 2.58. The molecule has 1 aromatic carbocycles. The average molecular weight is 390 g/mol. The Bertz CT molecular complexity index is 621. The first kappa shape index (κ1) is 22.2. The van der Waals surface area contributed by atoms with Gasteiger partial charge in [-0.25, -0.2) is 9.18 Å². The summed E-state index contributed by atoms with van der Waals surface area (Å²) in [5.41, 5.74) is -8.34. The zero-order valence-electron chi connectivity index (χ0n) is 14.3. The van der Waals surface area contributed by atoms with Crippen molar-refractivity contribution in [3.63, 3.8) is 0 Å². The van der Waals surface area contributed by atoms with Gasteiger partial charge in [-0.15, -0.1) is 0 Å². The third-order valence-corrected chi connectivity index (χ3v) is 3.81. The van der Waals surface area contributed by atoms with Crippen LogP contribution >= 0.6 is 0 Å². The largest absolute Gasteiger partial charge is 0.465 e. The van der Waals surface area contributed by atoms with Crippen molar-refractivity contribution in [2.24, 2.45) is 5.41 Å². The van der Waals surface area contributed by atoms with E-state index in [4.69, 9.17) is 0 Å². The van der Waals surface area contributed by atoms with Crippen molar-refractivity contribution in [2.75, 3.05) is 7.11 Å². The minimum atomic E-state index is -5.85. The maximum atomic E-state index is 14.0. The van der Waals surface area contributed by atoms with Gasteiger partial charge in [-0.1, -0.05) is 26.8 Å². The predicted octanol–water partition coefficient (Wildman–Crippen LogP) is 5.04. The average Bonchev–Trinajstić information content (AvgIpc) is 2.43. The number of esters is 1. The van der Waals surface area contributed by atoms with E-state index < -0.39 is 52.9 Å². The van der Waals surface area contributed by atoms with Gasteiger partial charge in [-0.05, 0) is 12.1 Å². The Balaban J connectivity index is 3.49. The highest BCUT2D eigenvalue weighted by Gasteiger charge is 2.77. The Labute approximate surface area is 145 Å². The smallest absolute Gasteiger partial charge is 0.427 e. The Hall–Kier alpha value is -1.84. The van der Waals surface area contributed by atoms with E-state index in [1.807, 2.05) is 0 Å². The quantitative estimate of drug-likeness (QED) is 0.534. The second-order valence-electron chi connectivity index (χ2n) is 6.47. The highest BCUT2D eigenvalue weighted by atomic mass is 19.4. The van der Waals surface area contributed by atoms with Crippen LogP contribution in [0.15, 0.2) is 18.2 Å². The van der Waals surface area contributed by atoms with Gasteiger partial charge in [0.2, 0.25) is 0 Å². The molecular formula is C16H17F7O3. The van der Waals surface area contributed by atoms with Crippen molar-refractivity contribution in [3.8, 4) is 0 Å². The summed E-state index contributed by atoms with van der Waals surface area (Å²) in [4.78, 5) is 11.6. The van der Waals surface area contributed by atoms with Gasteiger partial charge in [-0.3, -0.25) is 0 Å². The van der Waals surface area contributed by atoms with E-state index in [0.717, 1.165) is 25.3 Å². The molecule has 0 spiro atoms. The Kier molecular flexibility index (Phi) is 6.02. The molecule has 0 bridgehead atoms. The lowest BCUT2D eigenvalue weighted by molar-refractivity contribution is -0.413. The van der Waals surface area contributed by atoms with Crippen LogP contribution in [-0.2, 0) is 16.1 Å². The number of ether oxygens (including phenoxy) is 2. The van der Waals surface area contributed by atoms with E-state index in [-0.39, 0.29) is 0 Å². The molecule has 0 aromatic heterocycles. The molecule has 0 aliphatic heterocycles. The normalized spacial score (nSPS) is 13.7. The fourth-order valence-corrected chi connectivity index (χ4v) is 2.58. The van der Waals surface area contributed by atoms with Gasteiger partial charge in [-0.2, -0.15) is 26.3 Å². The lowest BCUT2D eigenvalue weighted by atomic mass is 9.75. The van der Waals surface area contributed by atoms with E-state index in [2.05, 4.69) is 9.47 Å². The first-order chi connectivity index (χ1) is 11.6. The lowest BCUT2D eigenvalue weighted by Crippen LogP contribution is -2.66. The van der Waals surface area contributed by atoms with Crippen molar-refractivity contribution < 1.29 is 45.0 Å². The van der Waals surface area contributed by atoms with Gasteiger partial charge in [0.25, 0.3) is 5.60 Å². The second-order valence-corrected chi connectivity index (χ2v) is 6.47. The number of alkyl halides is 6. The van der Waals surface area contributed by atoms with Crippen LogP contribution in [0, 0.1) is 11.2 Å². The summed E-state index contributed by atoms with van der Waals surface area (Å²) in [7, 11) is 0.933. The van der Waals surface area contributed by atoms with Crippen LogP contribution in [0.25, 0.3) is 0 Å². The van der Waals surface area contributed by atoms with Crippen molar-refractivity contribution in [1.29, 1.82) is 0 Å². The van der Waals surface area contributed by atoms with Gasteiger partial charge in [0, 0.05) is 11.0 Å². The number of rotatable bonds is 4. The standard InChI is InChI=1S/C16H17F7O3/c1-13(2,3)14(15(18,19)20,16(21,22)23)26-8-10-9(12(24)25-4)6-5-7-11(10)17/h5-7H,8H2,1-4H3. The molecule has 0 saturated heterocycles. The van der Waals surface area contributed by atoms with Crippen molar-refractivity contribution >= 4 is 5.97 Å². The lowest BCUT2D eigenvalue weighted by Gasteiger charge is -2.46. The number of benzene rings is 1. The number of carbonyl (C=O) groups is 1. The maximum absolute atomic E-state index is 14.0. The summed E-state index contributed by atoms with van der Waals surface area (Å²) in [6.07, 6.45) is -11.7. The van der Waals surface area contributed by atoms with Crippen LogP contribution in [0.3, 0.4) is 0 Å². The van der Waals surface area contributed by atoms with E-state index in [1.54, 1.807) is 0 Å². The maximum Gasteiger partial charge on any atom is 0.427 e. The molecule has 148 valence electrons. The van der Waals surface area contributed by atoms with Gasteiger partial charge < -0.3 is 9.47 Å². The molecule has 3 nitrogen and oxygen atoms in total. The van der Waals surface area contributed by atoms with Gasteiger partial charge in [0.05, 0.1) is 19.3 Å². The first-order valence-corrected chi connectivity index (χ1v) is 7.23. The van der Waals surface area contributed by atoms with Gasteiger partial charge in [0.1, 0.15) is 5.82 Å². The SMILES string of the molecule is COC(=O)c1cccc(F)c1COC(C(C)(C)C)(C(F)(F)F)C(F)(F)F. The Morgan fingerprint density at radius 2 is 1.50 bits per heavy atom. The van der Waals surface area contributed by atoms with Crippen LogP contribution < -0.4 is 0 Å². The molecule has 0 fully saturated rings. The van der Waals surface area contributed by atoms with Crippen molar-refractivity contribution in [2.45, 2.75) is 45.3 Å². The van der Waals surface area contributed by atoms with Crippen LogP contribution in [0.5, 0.6) is 0 Å². The first-order valence-electron chi connectivity index (χ1n) is 7.23. The minimum absolute atomic E-state index is 0.528. The van der Waals surface area contributed by atoms with Crippen LogP contribution in [-0.4, -0.2) is 31.0 Å². The van der Waals surface area contributed by atoms with Crippen molar-refractivity contribution in [3.05, 3.63) is 35.1 Å². The second kappa shape index (κ2) is 7.05. The molecule has 0 atom stereocenters. The molecule has 1 rings (SSSR count). The van der Waals surface area contributed by atoms with Gasteiger partial charge >= 0.3 is 18.3 Å². The summed E-state index contributed by atoms with van der Waals surface area (Å²) >= 11 is 0. The number of halogens is 7. The number of carbonyl (C=O) groups excluding carboxylic acids is 1. The van der Waals surface area contributed by atoms with E-state index in [0.29, 0.717) is 20.8 Å². The van der Waals surface area contributed by atoms with E-state index >= 15 is 0 Å². The number of methoxy groups -OCH3 is 1.